The minimum Gasteiger partial charge on any atom is -0.442 e. The molecule has 1 fully saturated rings. The van der Waals surface area contributed by atoms with E-state index >= 15 is 0 Å². The molecular formula is C24H23FN4O5. The van der Waals surface area contributed by atoms with E-state index in [0.717, 1.165) is 5.56 Å². The number of rotatable bonds is 9. The second-order valence-electron chi connectivity index (χ2n) is 7.85. The summed E-state index contributed by atoms with van der Waals surface area (Å²) in [7, 11) is 0. The van der Waals surface area contributed by atoms with Crippen molar-refractivity contribution in [2.24, 2.45) is 5.18 Å². The molecule has 0 saturated carbocycles. The highest BCUT2D eigenvalue weighted by Gasteiger charge is 2.32. The lowest BCUT2D eigenvalue weighted by Gasteiger charge is -2.15. The van der Waals surface area contributed by atoms with Crippen LogP contribution in [0.25, 0.3) is 11.1 Å². The first-order chi connectivity index (χ1) is 16.4. The highest BCUT2D eigenvalue weighted by molar-refractivity contribution is 5.90. The van der Waals surface area contributed by atoms with E-state index in [9.17, 15) is 18.9 Å². The van der Waals surface area contributed by atoms with E-state index in [0.29, 0.717) is 35.7 Å². The van der Waals surface area contributed by atoms with Crippen molar-refractivity contribution < 1.29 is 23.1 Å². The van der Waals surface area contributed by atoms with Crippen molar-refractivity contribution in [1.29, 1.82) is 0 Å². The SMILES string of the molecule is CC(=O)NC[C@H]1CN(c2ccc(-c3ccc(CNCc4ccc(N=O)o4)cc3)c(F)c2)C(=O)O1. The van der Waals surface area contributed by atoms with Crippen LogP contribution in [0.2, 0.25) is 0 Å². The van der Waals surface area contributed by atoms with Gasteiger partial charge in [-0.3, -0.25) is 9.69 Å². The molecular weight excluding hydrogens is 443 g/mol. The monoisotopic (exact) mass is 466 g/mol. The maximum Gasteiger partial charge on any atom is 0.414 e. The van der Waals surface area contributed by atoms with Crippen LogP contribution in [-0.4, -0.2) is 31.2 Å². The highest BCUT2D eigenvalue weighted by Crippen LogP contribution is 2.29. The number of amides is 2. The van der Waals surface area contributed by atoms with Gasteiger partial charge < -0.3 is 19.8 Å². The van der Waals surface area contributed by atoms with Crippen molar-refractivity contribution in [2.45, 2.75) is 26.1 Å². The second kappa shape index (κ2) is 10.3. The summed E-state index contributed by atoms with van der Waals surface area (Å²) in [6.45, 7) is 2.82. The predicted octanol–water partition coefficient (Wildman–Crippen LogP) is 4.23. The van der Waals surface area contributed by atoms with E-state index in [1.54, 1.807) is 18.2 Å². The molecule has 0 spiro atoms. The number of furan rings is 1. The molecule has 9 nitrogen and oxygen atoms in total. The molecule has 1 saturated heterocycles. The Kier molecular flexibility index (Phi) is 6.98. The molecule has 0 unspecified atom stereocenters. The van der Waals surface area contributed by atoms with Gasteiger partial charge in [0.2, 0.25) is 5.91 Å². The van der Waals surface area contributed by atoms with Crippen LogP contribution in [0, 0.1) is 10.7 Å². The van der Waals surface area contributed by atoms with E-state index in [1.165, 1.54) is 24.0 Å². The molecule has 0 radical (unpaired) electrons. The summed E-state index contributed by atoms with van der Waals surface area (Å²) in [5.41, 5.74) is 2.50. The molecule has 2 N–H and O–H groups in total. The molecule has 4 rings (SSSR count). The molecule has 3 aromatic rings. The zero-order valence-corrected chi connectivity index (χ0v) is 18.4. The van der Waals surface area contributed by atoms with Crippen molar-refractivity contribution >= 4 is 23.6 Å². The van der Waals surface area contributed by atoms with Crippen molar-refractivity contribution in [3.63, 3.8) is 0 Å². The molecule has 1 atom stereocenters. The maximum absolute atomic E-state index is 14.9. The molecule has 10 heteroatoms. The van der Waals surface area contributed by atoms with Crippen LogP contribution in [0.1, 0.15) is 18.2 Å². The van der Waals surface area contributed by atoms with Crippen LogP contribution in [0.15, 0.2) is 64.2 Å². The number of nitrogens with zero attached hydrogens (tertiary/aromatic N) is 2. The van der Waals surface area contributed by atoms with Gasteiger partial charge in [-0.15, -0.1) is 4.91 Å². The van der Waals surface area contributed by atoms with E-state index in [2.05, 4.69) is 15.8 Å². The number of halogens is 1. The number of nitroso groups, excluding NO2 is 1. The number of hydrogen-bond donors (Lipinski definition) is 2. The molecule has 34 heavy (non-hydrogen) atoms. The Bertz CT molecular complexity index is 1190. The molecule has 0 aliphatic carbocycles. The summed E-state index contributed by atoms with van der Waals surface area (Å²) in [4.78, 5) is 35.0. The number of nitrogens with one attached hydrogen (secondary N) is 2. The molecule has 1 aliphatic rings. The van der Waals surface area contributed by atoms with Crippen LogP contribution >= 0.6 is 0 Å². The van der Waals surface area contributed by atoms with E-state index in [-0.39, 0.29) is 24.9 Å². The van der Waals surface area contributed by atoms with Gasteiger partial charge in [-0.1, -0.05) is 24.3 Å². The first kappa shape index (κ1) is 23.1. The van der Waals surface area contributed by atoms with Gasteiger partial charge in [-0.2, -0.15) is 0 Å². The molecule has 2 aromatic carbocycles. The van der Waals surface area contributed by atoms with Crippen molar-refractivity contribution in [3.8, 4) is 11.1 Å². The highest BCUT2D eigenvalue weighted by atomic mass is 19.1. The number of carbonyl (C=O) groups is 2. The third kappa shape index (κ3) is 5.46. The molecule has 1 aliphatic heterocycles. The fourth-order valence-corrected chi connectivity index (χ4v) is 3.65. The van der Waals surface area contributed by atoms with Crippen LogP contribution in [0.4, 0.5) is 20.8 Å². The first-order valence-electron chi connectivity index (χ1n) is 10.7. The number of anilines is 1. The van der Waals surface area contributed by atoms with Gasteiger partial charge in [-0.05, 0) is 35.4 Å². The second-order valence-corrected chi connectivity index (χ2v) is 7.85. The zero-order valence-electron chi connectivity index (χ0n) is 18.4. The Labute approximate surface area is 194 Å². The molecule has 2 amide bonds. The van der Waals surface area contributed by atoms with Gasteiger partial charge in [0.15, 0.2) is 0 Å². The third-order valence-electron chi connectivity index (χ3n) is 5.35. The topological polar surface area (TPSA) is 113 Å². The maximum atomic E-state index is 14.9. The van der Waals surface area contributed by atoms with Crippen LogP contribution in [0.3, 0.4) is 0 Å². The van der Waals surface area contributed by atoms with E-state index in [4.69, 9.17) is 9.15 Å². The summed E-state index contributed by atoms with van der Waals surface area (Å²) in [6.07, 6.45) is -1.07. The largest absolute Gasteiger partial charge is 0.442 e. The number of hydrogen-bond acceptors (Lipinski definition) is 7. The third-order valence-corrected chi connectivity index (χ3v) is 5.35. The lowest BCUT2D eigenvalue weighted by Crippen LogP contribution is -2.33. The fraction of sp³-hybridized carbons (Fsp3) is 0.250. The Morgan fingerprint density at radius 1 is 1.15 bits per heavy atom. The molecule has 176 valence electrons. The van der Waals surface area contributed by atoms with E-state index < -0.39 is 18.0 Å². The van der Waals surface area contributed by atoms with Crippen LogP contribution in [-0.2, 0) is 22.6 Å². The normalized spacial score (nSPS) is 15.3. The van der Waals surface area contributed by atoms with Crippen LogP contribution < -0.4 is 15.5 Å². The Morgan fingerprint density at radius 3 is 2.62 bits per heavy atom. The standard InChI is InChI=1S/C24H23FN4O5/c1-15(30)27-13-20-14-29(24(31)34-20)18-6-8-21(22(25)10-18)17-4-2-16(3-5-17)11-26-12-19-7-9-23(28-32)33-19/h2-10,20,26H,11-14H2,1H3,(H,27,30)/t20-/m0/s1. The van der Waals surface area contributed by atoms with Gasteiger partial charge in [0.25, 0.3) is 5.88 Å². The van der Waals surface area contributed by atoms with Crippen LogP contribution in [0.5, 0.6) is 0 Å². The average molecular weight is 466 g/mol. The van der Waals surface area contributed by atoms with Gasteiger partial charge in [-0.25, -0.2) is 9.18 Å². The minimum absolute atomic E-state index is 0.0422. The zero-order chi connectivity index (χ0) is 24.1. The van der Waals surface area contributed by atoms with Gasteiger partial charge >= 0.3 is 6.09 Å². The predicted molar refractivity (Wildman–Crippen MR) is 123 cm³/mol. The quantitative estimate of drug-likeness (QED) is 0.456. The van der Waals surface area contributed by atoms with Crippen molar-refractivity contribution in [2.75, 3.05) is 18.0 Å². The number of benzene rings is 2. The smallest absolute Gasteiger partial charge is 0.414 e. The average Bonchev–Trinajstić information content (AvgIpc) is 3.44. The Morgan fingerprint density at radius 2 is 1.94 bits per heavy atom. The van der Waals surface area contributed by atoms with Gasteiger partial charge in [0.05, 0.1) is 25.3 Å². The Hall–Kier alpha value is -4.05. The van der Waals surface area contributed by atoms with Gasteiger partial charge in [0.1, 0.15) is 17.7 Å². The first-order valence-corrected chi connectivity index (χ1v) is 10.7. The summed E-state index contributed by atoms with van der Waals surface area (Å²) in [5, 5.41) is 8.55. The number of ether oxygens (including phenoxy) is 1. The molecule has 1 aromatic heterocycles. The summed E-state index contributed by atoms with van der Waals surface area (Å²) in [5.74, 6) is -0.0221. The number of cyclic esters (lactones) is 1. The summed E-state index contributed by atoms with van der Waals surface area (Å²) in [6, 6.07) is 15.2. The van der Waals surface area contributed by atoms with Crippen molar-refractivity contribution in [3.05, 3.63) is 76.6 Å². The fourth-order valence-electron chi connectivity index (χ4n) is 3.65. The number of carbonyl (C=O) groups excluding carboxylic acids is 2. The lowest BCUT2D eigenvalue weighted by atomic mass is 10.0. The summed E-state index contributed by atoms with van der Waals surface area (Å²) < 4.78 is 25.3. The van der Waals surface area contributed by atoms with Crippen molar-refractivity contribution in [1.82, 2.24) is 10.6 Å². The lowest BCUT2D eigenvalue weighted by molar-refractivity contribution is -0.119. The van der Waals surface area contributed by atoms with E-state index in [1.807, 2.05) is 24.3 Å². The molecule has 0 bridgehead atoms. The molecule has 2 heterocycles. The minimum atomic E-state index is -0.576. The Balaban J connectivity index is 1.36. The summed E-state index contributed by atoms with van der Waals surface area (Å²) >= 11 is 0. The van der Waals surface area contributed by atoms with Gasteiger partial charge in [0, 0.05) is 30.3 Å².